The number of benzene rings is 2. The van der Waals surface area contributed by atoms with E-state index in [-0.39, 0.29) is 21.3 Å². The summed E-state index contributed by atoms with van der Waals surface area (Å²) in [5.41, 5.74) is 2.73. The number of anilines is 1. The van der Waals surface area contributed by atoms with Crippen LogP contribution in [0.2, 0.25) is 0 Å². The third-order valence-electron chi connectivity index (χ3n) is 3.53. The maximum Gasteiger partial charge on any atom is 0.371 e. The highest BCUT2D eigenvalue weighted by Gasteiger charge is 2.25. The van der Waals surface area contributed by atoms with Crippen molar-refractivity contribution in [2.75, 3.05) is 5.43 Å². The van der Waals surface area contributed by atoms with Crippen molar-refractivity contribution < 1.29 is 23.4 Å². The maximum atomic E-state index is 14.1. The van der Waals surface area contributed by atoms with E-state index in [0.717, 1.165) is 35.1 Å². The van der Waals surface area contributed by atoms with E-state index >= 15 is 0 Å². The molecule has 0 unspecified atom stereocenters. The smallest absolute Gasteiger partial charge is 0.267 e. The van der Waals surface area contributed by atoms with Crippen LogP contribution in [-0.4, -0.2) is 32.1 Å². The number of non-ortho nitro benzene ring substituents is 1. The number of halogens is 2. The van der Waals surface area contributed by atoms with E-state index < -0.39 is 28.4 Å². The Bertz CT molecular complexity index is 1080. The molecule has 148 valence electrons. The third-order valence-corrected chi connectivity index (χ3v) is 4.40. The zero-order valence-electron chi connectivity index (χ0n) is 14.2. The Morgan fingerprint density at radius 1 is 1.14 bits per heavy atom. The van der Waals surface area contributed by atoms with Gasteiger partial charge in [0.2, 0.25) is 5.13 Å². The predicted octanol–water partition coefficient (Wildman–Crippen LogP) is 3.32. The highest BCUT2D eigenvalue weighted by molar-refractivity contribution is 7.18. The van der Waals surface area contributed by atoms with Gasteiger partial charge in [-0.25, -0.2) is 9.18 Å². The fourth-order valence-electron chi connectivity index (χ4n) is 2.21. The van der Waals surface area contributed by atoms with Gasteiger partial charge in [-0.05, 0) is 18.2 Å². The predicted molar refractivity (Wildman–Crippen MR) is 97.8 cm³/mol. The van der Waals surface area contributed by atoms with Crippen LogP contribution in [0.1, 0.15) is 10.4 Å². The standard InChI is InChI=1S/C16H10F2N6O4S/c17-12-8-10(24(27)28)6-7-11(12)13-20-21-15(29-13)22-23(16(26)19-18)14(25)9-4-2-1-3-5-9/h1-8H,(H,19,26)(H,21,22). The van der Waals surface area contributed by atoms with Gasteiger partial charge in [-0.1, -0.05) is 34.0 Å². The maximum absolute atomic E-state index is 14.1. The molecule has 29 heavy (non-hydrogen) atoms. The summed E-state index contributed by atoms with van der Waals surface area (Å²) >= 11 is 0.744. The molecule has 3 amide bonds. The molecule has 2 N–H and O–H groups in total. The van der Waals surface area contributed by atoms with Crippen LogP contribution in [0.3, 0.4) is 0 Å². The summed E-state index contributed by atoms with van der Waals surface area (Å²) in [5, 5.41) is 18.3. The number of hydrogen-bond acceptors (Lipinski definition) is 8. The fourth-order valence-corrected chi connectivity index (χ4v) is 2.97. The molecule has 0 aliphatic rings. The molecule has 0 atom stereocenters. The molecule has 2 aromatic carbocycles. The van der Waals surface area contributed by atoms with Crippen LogP contribution in [-0.2, 0) is 0 Å². The Balaban J connectivity index is 1.86. The Labute approximate surface area is 164 Å². The van der Waals surface area contributed by atoms with Crippen LogP contribution < -0.4 is 11.0 Å². The third kappa shape index (κ3) is 4.30. The zero-order chi connectivity index (χ0) is 21.0. The lowest BCUT2D eigenvalue weighted by Gasteiger charge is -2.18. The number of nitro benzene ring substituents is 1. The molecule has 3 rings (SSSR count). The Kier molecular flexibility index (Phi) is 5.69. The van der Waals surface area contributed by atoms with Gasteiger partial charge in [-0.2, -0.15) is 10.5 Å². The first-order chi connectivity index (χ1) is 13.9. The van der Waals surface area contributed by atoms with Crippen LogP contribution in [0.4, 0.5) is 24.5 Å². The first-order valence-corrected chi connectivity index (χ1v) is 8.57. The number of hydrogen-bond donors (Lipinski definition) is 2. The van der Waals surface area contributed by atoms with Crippen LogP contribution in [0.5, 0.6) is 0 Å². The minimum absolute atomic E-state index is 0.0210. The molecule has 1 heterocycles. The van der Waals surface area contributed by atoms with Crippen molar-refractivity contribution in [3.8, 4) is 10.6 Å². The second kappa shape index (κ2) is 8.35. The molecule has 0 fully saturated rings. The second-order valence-electron chi connectivity index (χ2n) is 5.35. The van der Waals surface area contributed by atoms with Crippen molar-refractivity contribution in [1.29, 1.82) is 0 Å². The quantitative estimate of drug-likeness (QED) is 0.368. The number of amides is 3. The number of nitrogens with zero attached hydrogens (tertiary/aromatic N) is 4. The molecule has 3 aromatic rings. The number of hydrazine groups is 1. The number of nitro groups is 1. The molecular formula is C16H10F2N6O4S. The summed E-state index contributed by atoms with van der Waals surface area (Å²) in [5.74, 6) is -1.78. The molecule has 13 heteroatoms. The Morgan fingerprint density at radius 2 is 1.86 bits per heavy atom. The minimum atomic E-state index is -1.41. The van der Waals surface area contributed by atoms with Gasteiger partial charge >= 0.3 is 6.03 Å². The van der Waals surface area contributed by atoms with E-state index in [0.29, 0.717) is 5.01 Å². The summed E-state index contributed by atoms with van der Waals surface area (Å²) in [6.45, 7) is 0. The van der Waals surface area contributed by atoms with Crippen LogP contribution in [0.15, 0.2) is 48.5 Å². The molecule has 1 aromatic heterocycles. The van der Waals surface area contributed by atoms with Gasteiger partial charge in [0.1, 0.15) is 5.82 Å². The van der Waals surface area contributed by atoms with Gasteiger partial charge in [-0.3, -0.25) is 20.3 Å². The lowest BCUT2D eigenvalue weighted by molar-refractivity contribution is -0.385. The Morgan fingerprint density at radius 3 is 2.48 bits per heavy atom. The molecule has 0 bridgehead atoms. The number of nitrogens with one attached hydrogen (secondary N) is 2. The molecule has 0 saturated carbocycles. The number of urea groups is 1. The van der Waals surface area contributed by atoms with E-state index in [9.17, 15) is 28.6 Å². The molecule has 0 aliphatic heterocycles. The van der Waals surface area contributed by atoms with E-state index in [1.54, 1.807) is 18.2 Å². The van der Waals surface area contributed by atoms with Crippen molar-refractivity contribution in [3.05, 3.63) is 70.0 Å². The molecule has 0 saturated heterocycles. The van der Waals surface area contributed by atoms with Crippen molar-refractivity contribution in [1.82, 2.24) is 20.7 Å². The first kappa shape index (κ1) is 19.8. The highest BCUT2D eigenvalue weighted by atomic mass is 32.1. The summed E-state index contributed by atoms with van der Waals surface area (Å²) in [6, 6.07) is 9.16. The molecule has 0 spiro atoms. The van der Waals surface area contributed by atoms with E-state index in [4.69, 9.17) is 0 Å². The lowest BCUT2D eigenvalue weighted by atomic mass is 10.2. The number of rotatable bonds is 5. The SMILES string of the molecule is O=C(NF)N(Nc1nnc(-c2ccc([N+](=O)[O-])cc2F)s1)C(=O)c1ccccc1. The highest BCUT2D eigenvalue weighted by Crippen LogP contribution is 2.30. The van der Waals surface area contributed by atoms with Crippen LogP contribution in [0.25, 0.3) is 10.6 Å². The average Bonchev–Trinajstić information content (AvgIpc) is 3.19. The van der Waals surface area contributed by atoms with E-state index in [1.165, 1.54) is 12.1 Å². The molecule has 0 radical (unpaired) electrons. The first-order valence-electron chi connectivity index (χ1n) is 7.75. The average molecular weight is 420 g/mol. The fraction of sp³-hybridized carbons (Fsp3) is 0. The van der Waals surface area contributed by atoms with E-state index in [1.807, 2.05) is 0 Å². The zero-order valence-corrected chi connectivity index (χ0v) is 15.0. The summed E-state index contributed by atoms with van der Waals surface area (Å²) in [6.07, 6.45) is 0. The topological polar surface area (TPSA) is 130 Å². The van der Waals surface area contributed by atoms with Crippen molar-refractivity contribution >= 4 is 34.1 Å². The van der Waals surface area contributed by atoms with Gasteiger partial charge in [0.15, 0.2) is 5.01 Å². The van der Waals surface area contributed by atoms with Crippen LogP contribution in [0, 0.1) is 15.9 Å². The molecular weight excluding hydrogens is 410 g/mol. The number of imide groups is 1. The number of aromatic nitrogens is 2. The van der Waals surface area contributed by atoms with Crippen molar-refractivity contribution in [2.45, 2.75) is 0 Å². The van der Waals surface area contributed by atoms with Gasteiger partial charge < -0.3 is 0 Å². The van der Waals surface area contributed by atoms with Crippen molar-refractivity contribution in [2.24, 2.45) is 0 Å². The second-order valence-corrected chi connectivity index (χ2v) is 6.33. The lowest BCUT2D eigenvalue weighted by Crippen LogP contribution is -2.45. The summed E-state index contributed by atoms with van der Waals surface area (Å²) in [7, 11) is 0. The van der Waals surface area contributed by atoms with Crippen molar-refractivity contribution in [3.63, 3.8) is 0 Å². The van der Waals surface area contributed by atoms with Gasteiger partial charge in [0.25, 0.3) is 11.6 Å². The van der Waals surface area contributed by atoms with Gasteiger partial charge in [0.05, 0.1) is 11.0 Å². The molecule has 10 nitrogen and oxygen atoms in total. The molecule has 0 aliphatic carbocycles. The monoisotopic (exact) mass is 420 g/mol. The largest absolute Gasteiger partial charge is 0.371 e. The number of carbonyl (C=O) groups excluding carboxylic acids is 2. The van der Waals surface area contributed by atoms with Gasteiger partial charge in [-0.15, -0.1) is 10.2 Å². The van der Waals surface area contributed by atoms with Gasteiger partial charge in [0, 0.05) is 17.2 Å². The Hall–Kier alpha value is -4.00. The summed E-state index contributed by atoms with van der Waals surface area (Å²) < 4.78 is 26.8. The van der Waals surface area contributed by atoms with Crippen LogP contribution >= 0.6 is 11.3 Å². The van der Waals surface area contributed by atoms with E-state index in [2.05, 4.69) is 15.6 Å². The number of carbonyl (C=O) groups is 2. The minimum Gasteiger partial charge on any atom is -0.267 e. The summed E-state index contributed by atoms with van der Waals surface area (Å²) in [4.78, 5) is 34.2. The normalized spacial score (nSPS) is 10.3.